The Morgan fingerprint density at radius 1 is 1.23 bits per heavy atom. The Kier molecular flexibility index (Phi) is 8.26. The van der Waals surface area contributed by atoms with Crippen molar-refractivity contribution in [2.75, 3.05) is 17.7 Å². The van der Waals surface area contributed by atoms with Crippen LogP contribution >= 0.6 is 7.82 Å². The monoisotopic (exact) mass is 515 g/mol. The minimum Gasteiger partial charge on any atom is -0.393 e. The SMILES string of the molecule is Nc1ccc(CNc2ncnc3nc[nH]c23)cc1[N+](=O)[O-].O=P(O)(O)OC[C@H]1OC(O)[C@H](O)[C@@H]1O. The van der Waals surface area contributed by atoms with Gasteiger partial charge in [0, 0.05) is 12.6 Å². The summed E-state index contributed by atoms with van der Waals surface area (Å²) in [4.78, 5) is 42.1. The Hall–Kier alpha value is -3.28. The molecule has 0 bridgehead atoms. The molecule has 4 atom stereocenters. The van der Waals surface area contributed by atoms with Crippen LogP contribution in [0.4, 0.5) is 17.2 Å². The number of hydrogen-bond donors (Lipinski definition) is 8. The van der Waals surface area contributed by atoms with Crippen LogP contribution in [0.15, 0.2) is 30.9 Å². The van der Waals surface area contributed by atoms with E-state index in [1.54, 1.807) is 6.07 Å². The van der Waals surface area contributed by atoms with Crippen LogP contribution in [0.3, 0.4) is 0 Å². The molecule has 3 aromatic rings. The zero-order valence-electron chi connectivity index (χ0n) is 17.7. The summed E-state index contributed by atoms with van der Waals surface area (Å²) in [7, 11) is -4.64. The number of aliphatic hydroxyl groups is 3. The summed E-state index contributed by atoms with van der Waals surface area (Å²) in [6, 6.07) is 4.68. The van der Waals surface area contributed by atoms with Crippen molar-refractivity contribution >= 4 is 36.2 Å². The Labute approximate surface area is 196 Å². The predicted octanol–water partition coefficient (Wildman–Crippen LogP) is -1.01. The van der Waals surface area contributed by atoms with E-state index in [1.165, 1.54) is 24.8 Å². The van der Waals surface area contributed by atoms with Gasteiger partial charge in [-0.05, 0) is 11.6 Å². The fraction of sp³-hybridized carbons (Fsp3) is 0.353. The molecule has 0 spiro atoms. The lowest BCUT2D eigenvalue weighted by atomic mass is 10.1. The van der Waals surface area contributed by atoms with Gasteiger partial charge >= 0.3 is 7.82 Å². The first kappa shape index (κ1) is 26.3. The fourth-order valence-corrected chi connectivity index (χ4v) is 3.32. The number of hydrogen-bond acceptors (Lipinski definition) is 13. The minimum absolute atomic E-state index is 0.108. The van der Waals surface area contributed by atoms with Gasteiger partial charge in [0.1, 0.15) is 35.8 Å². The smallest absolute Gasteiger partial charge is 0.393 e. The van der Waals surface area contributed by atoms with Crippen LogP contribution in [-0.2, 0) is 20.4 Å². The molecule has 190 valence electrons. The third kappa shape index (κ3) is 6.87. The maximum Gasteiger partial charge on any atom is 0.469 e. The number of nitrogen functional groups attached to an aromatic ring is 1. The predicted molar refractivity (Wildman–Crippen MR) is 117 cm³/mol. The zero-order chi connectivity index (χ0) is 25.8. The molecule has 1 aromatic carbocycles. The Balaban J connectivity index is 0.000000214. The van der Waals surface area contributed by atoms with Crippen molar-refractivity contribution in [2.24, 2.45) is 0 Å². The molecule has 0 aliphatic carbocycles. The third-order valence-electron chi connectivity index (χ3n) is 4.72. The number of nitrogens with zero attached hydrogens (tertiary/aromatic N) is 4. The number of aromatic nitrogens is 4. The molecule has 0 saturated carbocycles. The quantitative estimate of drug-likeness (QED) is 0.0810. The zero-order valence-corrected chi connectivity index (χ0v) is 18.6. The summed E-state index contributed by atoms with van der Waals surface area (Å²) < 4.78 is 18.9. The van der Waals surface area contributed by atoms with E-state index in [0.717, 1.165) is 5.56 Å². The number of phosphoric ester groups is 1. The van der Waals surface area contributed by atoms with E-state index in [2.05, 4.69) is 34.5 Å². The molecule has 1 unspecified atom stereocenters. The first-order valence-corrected chi connectivity index (χ1v) is 11.3. The number of benzene rings is 1. The summed E-state index contributed by atoms with van der Waals surface area (Å²) in [5.41, 5.74) is 7.55. The van der Waals surface area contributed by atoms with Crippen molar-refractivity contribution in [3.8, 4) is 0 Å². The highest BCUT2D eigenvalue weighted by Crippen LogP contribution is 2.37. The van der Waals surface area contributed by atoms with Gasteiger partial charge < -0.3 is 45.9 Å². The van der Waals surface area contributed by atoms with Crippen LogP contribution in [-0.4, -0.2) is 81.2 Å². The van der Waals surface area contributed by atoms with E-state index in [-0.39, 0.29) is 11.4 Å². The highest BCUT2D eigenvalue weighted by Gasteiger charge is 2.42. The Morgan fingerprint density at radius 2 is 1.97 bits per heavy atom. The van der Waals surface area contributed by atoms with Crippen LogP contribution in [0, 0.1) is 10.1 Å². The largest absolute Gasteiger partial charge is 0.469 e. The molecule has 1 saturated heterocycles. The van der Waals surface area contributed by atoms with Crippen LogP contribution in [0.25, 0.3) is 11.2 Å². The van der Waals surface area contributed by atoms with Crippen molar-refractivity contribution in [1.29, 1.82) is 0 Å². The molecule has 2 aromatic heterocycles. The van der Waals surface area contributed by atoms with Crippen molar-refractivity contribution < 1.29 is 43.9 Å². The molecule has 1 aliphatic rings. The number of nitro benzene ring substituents is 1. The number of nitro groups is 1. The highest BCUT2D eigenvalue weighted by atomic mass is 31.2. The van der Waals surface area contributed by atoms with Crippen LogP contribution in [0.5, 0.6) is 0 Å². The molecular formula is C17H22N7O10P. The standard InChI is InChI=1S/C12H11N7O2.C5H11O8P/c13-8-2-1-7(3-9(8)19(20)21)4-14-11-10-12(16-5-15-10)18-6-17-11;6-3-2(1-12-14(9,10)11)13-5(8)4(3)7/h1-3,5-6H,4,13H2,(H2,14,15,16,17,18);2-8H,1H2,(H2,9,10,11)/t;2-,3-,4-,5?/m.1/s1. The van der Waals surface area contributed by atoms with Gasteiger partial charge in [0.15, 0.2) is 17.8 Å². The van der Waals surface area contributed by atoms with Crippen LogP contribution in [0.1, 0.15) is 5.56 Å². The maximum absolute atomic E-state index is 10.9. The second-order valence-corrected chi connectivity index (χ2v) is 8.40. The Bertz CT molecular complexity index is 1220. The van der Waals surface area contributed by atoms with Gasteiger partial charge in [-0.1, -0.05) is 6.07 Å². The summed E-state index contributed by atoms with van der Waals surface area (Å²) in [5, 5.41) is 41.0. The lowest BCUT2D eigenvalue weighted by Crippen LogP contribution is -2.34. The van der Waals surface area contributed by atoms with E-state index in [1.807, 2.05) is 0 Å². The molecule has 0 radical (unpaired) electrons. The molecular weight excluding hydrogens is 493 g/mol. The van der Waals surface area contributed by atoms with Gasteiger partial charge in [-0.3, -0.25) is 14.6 Å². The molecule has 0 amide bonds. The summed E-state index contributed by atoms with van der Waals surface area (Å²) in [6.45, 7) is -0.244. The van der Waals surface area contributed by atoms with Crippen molar-refractivity contribution in [1.82, 2.24) is 19.9 Å². The number of phosphoric acid groups is 1. The number of ether oxygens (including phenoxy) is 1. The van der Waals surface area contributed by atoms with Crippen LogP contribution in [0.2, 0.25) is 0 Å². The lowest BCUT2D eigenvalue weighted by molar-refractivity contribution is -0.383. The first-order valence-electron chi connectivity index (χ1n) is 9.76. The first-order chi connectivity index (χ1) is 16.5. The van der Waals surface area contributed by atoms with Gasteiger partial charge in [0.2, 0.25) is 0 Å². The topological polar surface area (TPSA) is 272 Å². The van der Waals surface area contributed by atoms with Gasteiger partial charge in [-0.2, -0.15) is 0 Å². The van der Waals surface area contributed by atoms with Gasteiger partial charge in [0.25, 0.3) is 5.69 Å². The van der Waals surface area contributed by atoms with E-state index in [0.29, 0.717) is 23.5 Å². The van der Waals surface area contributed by atoms with E-state index in [9.17, 15) is 14.7 Å². The number of imidazole rings is 1. The van der Waals surface area contributed by atoms with Gasteiger partial charge in [-0.15, -0.1) is 0 Å². The molecule has 35 heavy (non-hydrogen) atoms. The highest BCUT2D eigenvalue weighted by molar-refractivity contribution is 7.46. The number of aromatic amines is 1. The second-order valence-electron chi connectivity index (χ2n) is 7.16. The molecule has 3 heterocycles. The number of nitrogens with two attached hydrogens (primary N) is 1. The van der Waals surface area contributed by atoms with Gasteiger partial charge in [0.05, 0.1) is 17.9 Å². The van der Waals surface area contributed by atoms with E-state index >= 15 is 0 Å². The third-order valence-corrected chi connectivity index (χ3v) is 5.20. The van der Waals surface area contributed by atoms with Crippen molar-refractivity contribution in [2.45, 2.75) is 31.1 Å². The molecule has 1 aliphatic heterocycles. The molecule has 9 N–H and O–H groups in total. The second kappa shape index (κ2) is 11.0. The summed E-state index contributed by atoms with van der Waals surface area (Å²) in [6.07, 6.45) is -2.74. The fourth-order valence-electron chi connectivity index (χ4n) is 2.98. The number of rotatable bonds is 7. The Morgan fingerprint density at radius 3 is 2.60 bits per heavy atom. The average Bonchev–Trinajstić information content (AvgIpc) is 3.37. The number of anilines is 2. The van der Waals surface area contributed by atoms with Crippen LogP contribution < -0.4 is 11.1 Å². The average molecular weight is 515 g/mol. The summed E-state index contributed by atoms with van der Waals surface area (Å²) >= 11 is 0. The van der Waals surface area contributed by atoms with E-state index < -0.39 is 44.0 Å². The number of nitrogens with one attached hydrogen (secondary N) is 2. The normalized spacial score (nSPS) is 22.0. The van der Waals surface area contributed by atoms with Crippen molar-refractivity contribution in [3.63, 3.8) is 0 Å². The maximum atomic E-state index is 10.9. The van der Waals surface area contributed by atoms with Crippen molar-refractivity contribution in [3.05, 3.63) is 46.5 Å². The van der Waals surface area contributed by atoms with E-state index in [4.69, 9.17) is 30.8 Å². The van der Waals surface area contributed by atoms with Gasteiger partial charge in [-0.25, -0.2) is 19.5 Å². The number of aliphatic hydroxyl groups excluding tert-OH is 3. The molecule has 17 nitrogen and oxygen atoms in total. The molecule has 18 heteroatoms. The lowest BCUT2D eigenvalue weighted by Gasteiger charge is -2.14. The molecule has 4 rings (SSSR count). The molecule has 1 fully saturated rings. The number of H-pyrrole nitrogens is 1. The number of fused-ring (bicyclic) bond motifs is 1. The summed E-state index contributed by atoms with van der Waals surface area (Å²) in [5.74, 6) is 0.581. The minimum atomic E-state index is -4.64.